The van der Waals surface area contributed by atoms with E-state index in [1.807, 2.05) is 31.2 Å². The summed E-state index contributed by atoms with van der Waals surface area (Å²) in [6, 6.07) is 14.0. The molecule has 3 rings (SSSR count). The average molecular weight is 429 g/mol. The molecule has 1 aromatic heterocycles. The zero-order chi connectivity index (χ0) is 19.6. The van der Waals surface area contributed by atoms with Crippen LogP contribution in [0.1, 0.15) is 33.3 Å². The SMILES string of the molecule is CCc1c(C(=O)O)c(-c2ccc(C(=O)OC)cc2)nn1-c1ccc(Br)cc1. The summed E-state index contributed by atoms with van der Waals surface area (Å²) in [6.45, 7) is 1.89. The highest BCUT2D eigenvalue weighted by Crippen LogP contribution is 2.29. The molecule has 0 radical (unpaired) electrons. The number of carboxylic acid groups (broad SMARTS) is 1. The van der Waals surface area contributed by atoms with Crippen LogP contribution in [0.5, 0.6) is 0 Å². The van der Waals surface area contributed by atoms with E-state index in [-0.39, 0.29) is 5.56 Å². The van der Waals surface area contributed by atoms with Crippen LogP contribution in [0, 0.1) is 0 Å². The second-order valence-electron chi connectivity index (χ2n) is 5.79. The Morgan fingerprint density at radius 3 is 2.26 bits per heavy atom. The van der Waals surface area contributed by atoms with Crippen molar-refractivity contribution in [1.29, 1.82) is 0 Å². The second kappa shape index (κ2) is 7.75. The fourth-order valence-corrected chi connectivity index (χ4v) is 3.15. The summed E-state index contributed by atoms with van der Waals surface area (Å²) in [6.07, 6.45) is 0.505. The van der Waals surface area contributed by atoms with Gasteiger partial charge in [-0.3, -0.25) is 0 Å². The van der Waals surface area contributed by atoms with E-state index in [1.165, 1.54) is 7.11 Å². The number of hydrogen-bond acceptors (Lipinski definition) is 4. The maximum Gasteiger partial charge on any atom is 0.339 e. The normalized spacial score (nSPS) is 10.6. The van der Waals surface area contributed by atoms with Gasteiger partial charge in [-0.05, 0) is 42.8 Å². The molecule has 0 atom stereocenters. The number of nitrogens with zero attached hydrogens (tertiary/aromatic N) is 2. The molecule has 3 aromatic rings. The Labute approximate surface area is 164 Å². The van der Waals surface area contributed by atoms with Crippen LogP contribution in [0.3, 0.4) is 0 Å². The van der Waals surface area contributed by atoms with Crippen LogP contribution in [-0.2, 0) is 11.2 Å². The van der Waals surface area contributed by atoms with Crippen molar-refractivity contribution in [3.63, 3.8) is 0 Å². The minimum atomic E-state index is -1.04. The zero-order valence-corrected chi connectivity index (χ0v) is 16.4. The molecular weight excluding hydrogens is 412 g/mol. The summed E-state index contributed by atoms with van der Waals surface area (Å²) in [5.41, 5.74) is 2.91. The highest BCUT2D eigenvalue weighted by Gasteiger charge is 2.24. The molecule has 1 heterocycles. The zero-order valence-electron chi connectivity index (χ0n) is 14.8. The number of aromatic nitrogens is 2. The van der Waals surface area contributed by atoms with Gasteiger partial charge in [-0.2, -0.15) is 5.10 Å². The van der Waals surface area contributed by atoms with Gasteiger partial charge < -0.3 is 9.84 Å². The first kappa shape index (κ1) is 18.8. The maximum absolute atomic E-state index is 12.0. The summed E-state index contributed by atoms with van der Waals surface area (Å²) in [5, 5.41) is 14.4. The lowest BCUT2D eigenvalue weighted by molar-refractivity contribution is 0.0599. The number of esters is 1. The highest BCUT2D eigenvalue weighted by molar-refractivity contribution is 9.10. The first-order valence-electron chi connectivity index (χ1n) is 8.26. The molecule has 0 amide bonds. The Kier molecular flexibility index (Phi) is 5.41. The quantitative estimate of drug-likeness (QED) is 0.610. The van der Waals surface area contributed by atoms with Gasteiger partial charge in [-0.25, -0.2) is 14.3 Å². The van der Waals surface area contributed by atoms with E-state index < -0.39 is 11.9 Å². The van der Waals surface area contributed by atoms with E-state index in [2.05, 4.69) is 21.0 Å². The molecule has 138 valence electrons. The molecule has 1 N–H and O–H groups in total. The van der Waals surface area contributed by atoms with Gasteiger partial charge in [0.15, 0.2) is 0 Å². The first-order valence-corrected chi connectivity index (χ1v) is 9.05. The topological polar surface area (TPSA) is 81.4 Å². The Bertz CT molecular complexity index is 992. The van der Waals surface area contributed by atoms with Crippen LogP contribution >= 0.6 is 15.9 Å². The lowest BCUT2D eigenvalue weighted by atomic mass is 10.0. The number of carboxylic acids is 1. The largest absolute Gasteiger partial charge is 0.478 e. The van der Waals surface area contributed by atoms with E-state index in [0.717, 1.165) is 10.2 Å². The van der Waals surface area contributed by atoms with E-state index in [1.54, 1.807) is 28.9 Å². The number of aromatic carboxylic acids is 1. The number of carbonyl (C=O) groups excluding carboxylic acids is 1. The van der Waals surface area contributed by atoms with E-state index in [9.17, 15) is 14.7 Å². The number of rotatable bonds is 5. The van der Waals surface area contributed by atoms with Crippen LogP contribution in [-0.4, -0.2) is 33.9 Å². The molecule has 0 spiro atoms. The summed E-state index contributed by atoms with van der Waals surface area (Å²) in [5.74, 6) is -1.49. The van der Waals surface area contributed by atoms with Gasteiger partial charge in [-0.1, -0.05) is 35.0 Å². The van der Waals surface area contributed by atoms with Crippen molar-refractivity contribution in [2.24, 2.45) is 0 Å². The number of halogens is 1. The minimum Gasteiger partial charge on any atom is -0.478 e. The van der Waals surface area contributed by atoms with Crippen molar-refractivity contribution in [2.45, 2.75) is 13.3 Å². The molecule has 2 aromatic carbocycles. The van der Waals surface area contributed by atoms with Crippen molar-refractivity contribution in [1.82, 2.24) is 9.78 Å². The van der Waals surface area contributed by atoms with E-state index in [0.29, 0.717) is 28.9 Å². The summed E-state index contributed by atoms with van der Waals surface area (Å²) < 4.78 is 7.27. The number of methoxy groups -OCH3 is 1. The van der Waals surface area contributed by atoms with Gasteiger partial charge in [0.05, 0.1) is 24.1 Å². The molecule has 6 nitrogen and oxygen atoms in total. The van der Waals surface area contributed by atoms with Gasteiger partial charge >= 0.3 is 11.9 Å². The number of carbonyl (C=O) groups is 2. The molecule has 0 aliphatic rings. The third kappa shape index (κ3) is 3.64. The molecule has 0 aliphatic heterocycles. The van der Waals surface area contributed by atoms with Crippen LogP contribution in [0.2, 0.25) is 0 Å². The fourth-order valence-electron chi connectivity index (χ4n) is 2.88. The molecule has 0 saturated heterocycles. The van der Waals surface area contributed by atoms with Crippen LogP contribution < -0.4 is 0 Å². The predicted molar refractivity (Wildman–Crippen MR) is 104 cm³/mol. The molecule has 27 heavy (non-hydrogen) atoms. The van der Waals surface area contributed by atoms with Crippen molar-refractivity contribution >= 4 is 27.9 Å². The Morgan fingerprint density at radius 2 is 1.74 bits per heavy atom. The number of benzene rings is 2. The van der Waals surface area contributed by atoms with Gasteiger partial charge in [-0.15, -0.1) is 0 Å². The smallest absolute Gasteiger partial charge is 0.339 e. The van der Waals surface area contributed by atoms with Gasteiger partial charge in [0.2, 0.25) is 0 Å². The fraction of sp³-hybridized carbons (Fsp3) is 0.150. The van der Waals surface area contributed by atoms with Crippen LogP contribution in [0.4, 0.5) is 0 Å². The van der Waals surface area contributed by atoms with Crippen molar-refractivity contribution in [3.05, 3.63) is 69.8 Å². The highest BCUT2D eigenvalue weighted by atomic mass is 79.9. The van der Waals surface area contributed by atoms with Crippen LogP contribution in [0.15, 0.2) is 53.0 Å². The maximum atomic E-state index is 12.0. The second-order valence-corrected chi connectivity index (χ2v) is 6.70. The molecule has 0 aliphatic carbocycles. The molecule has 0 saturated carbocycles. The first-order chi connectivity index (χ1) is 13.0. The third-order valence-electron chi connectivity index (χ3n) is 4.18. The van der Waals surface area contributed by atoms with E-state index >= 15 is 0 Å². The van der Waals surface area contributed by atoms with Gasteiger partial charge in [0.25, 0.3) is 0 Å². The van der Waals surface area contributed by atoms with E-state index in [4.69, 9.17) is 4.74 Å². The summed E-state index contributed by atoms with van der Waals surface area (Å²) in [4.78, 5) is 23.6. The Balaban J connectivity index is 2.16. The summed E-state index contributed by atoms with van der Waals surface area (Å²) >= 11 is 3.40. The third-order valence-corrected chi connectivity index (χ3v) is 4.71. The molecule has 0 unspecified atom stereocenters. The lowest BCUT2D eigenvalue weighted by Crippen LogP contribution is -2.05. The minimum absolute atomic E-state index is 0.159. The average Bonchev–Trinajstić information content (AvgIpc) is 3.08. The van der Waals surface area contributed by atoms with Crippen molar-refractivity contribution < 1.29 is 19.4 Å². The number of hydrogen-bond donors (Lipinski definition) is 1. The van der Waals surface area contributed by atoms with Crippen LogP contribution in [0.25, 0.3) is 16.9 Å². The van der Waals surface area contributed by atoms with Gasteiger partial charge in [0.1, 0.15) is 11.3 Å². The molecule has 0 fully saturated rings. The number of ether oxygens (including phenoxy) is 1. The lowest BCUT2D eigenvalue weighted by Gasteiger charge is -2.06. The van der Waals surface area contributed by atoms with Gasteiger partial charge in [0, 0.05) is 10.0 Å². The molecular formula is C20H17BrN2O4. The molecule has 7 heteroatoms. The standard InChI is InChI=1S/C20H17BrN2O4/c1-3-16-17(19(24)25)18(12-4-6-13(7-5-12)20(26)27-2)22-23(16)15-10-8-14(21)9-11-15/h4-11H,3H2,1-2H3,(H,24,25). The predicted octanol–water partition coefficient (Wildman–Crippen LogP) is 4.35. The van der Waals surface area contributed by atoms with Crippen molar-refractivity contribution in [3.8, 4) is 16.9 Å². The Hall–Kier alpha value is -2.93. The Morgan fingerprint density at radius 1 is 1.11 bits per heavy atom. The molecule has 0 bridgehead atoms. The summed E-state index contributed by atoms with van der Waals surface area (Å²) in [7, 11) is 1.31. The van der Waals surface area contributed by atoms with Crippen molar-refractivity contribution in [2.75, 3.05) is 7.11 Å². The monoisotopic (exact) mass is 428 g/mol.